The topological polar surface area (TPSA) is 152 Å². The van der Waals surface area contributed by atoms with Gasteiger partial charge in [0.25, 0.3) is 5.56 Å². The van der Waals surface area contributed by atoms with Crippen molar-refractivity contribution in [3.8, 4) is 11.4 Å². The molecule has 0 aliphatic rings. The SMILES string of the molecule is CCCn1c(=O)c2[nH]c(-c3cn[nH]c3Cc3cccnc3C(=O)O)nc2n(CCC)c1=O. The molecule has 0 spiro atoms. The first kappa shape index (κ1) is 21.2. The summed E-state index contributed by atoms with van der Waals surface area (Å²) in [5.41, 5.74) is 1.41. The normalized spacial score (nSPS) is 11.3. The van der Waals surface area contributed by atoms with E-state index in [0.29, 0.717) is 54.2 Å². The number of aromatic carboxylic acids is 1. The molecule has 0 aliphatic carbocycles. The molecule has 3 N–H and O–H groups in total. The standard InChI is InChI=1S/C21H23N7O4/c1-3-8-27-18-16(19(29)28(9-4-2)21(27)32)24-17(25-18)13-11-23-26-14(13)10-12-6-5-7-22-15(12)20(30)31/h5-7,11H,3-4,8-10H2,1-2H3,(H,23,26)(H,24,25)(H,30,31). The summed E-state index contributed by atoms with van der Waals surface area (Å²) < 4.78 is 2.74. The van der Waals surface area contributed by atoms with Crippen molar-refractivity contribution in [2.45, 2.75) is 46.2 Å². The number of carboxylic acids is 1. The first-order valence-corrected chi connectivity index (χ1v) is 10.4. The van der Waals surface area contributed by atoms with Crippen molar-refractivity contribution < 1.29 is 9.90 Å². The second-order valence-corrected chi connectivity index (χ2v) is 7.43. The molecule has 0 atom stereocenters. The molecule has 32 heavy (non-hydrogen) atoms. The highest BCUT2D eigenvalue weighted by Crippen LogP contribution is 2.24. The summed E-state index contributed by atoms with van der Waals surface area (Å²) in [6.45, 7) is 4.60. The Balaban J connectivity index is 1.85. The van der Waals surface area contributed by atoms with Gasteiger partial charge in [0.15, 0.2) is 11.3 Å². The third-order valence-electron chi connectivity index (χ3n) is 5.19. The fourth-order valence-corrected chi connectivity index (χ4v) is 3.76. The summed E-state index contributed by atoms with van der Waals surface area (Å²) in [4.78, 5) is 48.9. The van der Waals surface area contributed by atoms with Crippen LogP contribution in [0, 0.1) is 0 Å². The zero-order valence-corrected chi connectivity index (χ0v) is 17.8. The van der Waals surface area contributed by atoms with Crippen LogP contribution in [0.1, 0.15) is 48.4 Å². The average molecular weight is 437 g/mol. The molecule has 0 saturated carbocycles. The van der Waals surface area contributed by atoms with Crippen molar-refractivity contribution in [2.24, 2.45) is 0 Å². The van der Waals surface area contributed by atoms with Gasteiger partial charge in [0, 0.05) is 25.7 Å². The Hall–Kier alpha value is -4.02. The molecule has 166 valence electrons. The largest absolute Gasteiger partial charge is 0.477 e. The Kier molecular flexibility index (Phi) is 5.71. The number of imidazole rings is 1. The number of carboxylic acid groups (broad SMARTS) is 1. The third-order valence-corrected chi connectivity index (χ3v) is 5.19. The lowest BCUT2D eigenvalue weighted by Gasteiger charge is -2.09. The van der Waals surface area contributed by atoms with E-state index in [1.807, 2.05) is 13.8 Å². The summed E-state index contributed by atoms with van der Waals surface area (Å²) in [5.74, 6) is -0.745. The average Bonchev–Trinajstić information content (AvgIpc) is 3.41. The zero-order chi connectivity index (χ0) is 22.8. The molecule has 0 radical (unpaired) electrons. The minimum Gasteiger partial charge on any atom is -0.477 e. The second-order valence-electron chi connectivity index (χ2n) is 7.43. The number of pyridine rings is 1. The van der Waals surface area contributed by atoms with E-state index in [4.69, 9.17) is 0 Å². The Morgan fingerprint density at radius 3 is 2.62 bits per heavy atom. The van der Waals surface area contributed by atoms with Gasteiger partial charge in [-0.1, -0.05) is 19.9 Å². The molecular formula is C21H23N7O4. The summed E-state index contributed by atoms with van der Waals surface area (Å²) >= 11 is 0. The molecule has 0 aromatic carbocycles. The van der Waals surface area contributed by atoms with E-state index >= 15 is 0 Å². The van der Waals surface area contributed by atoms with E-state index in [0.717, 1.165) is 0 Å². The van der Waals surface area contributed by atoms with Gasteiger partial charge in [-0.25, -0.2) is 19.6 Å². The minimum atomic E-state index is -1.12. The number of aromatic nitrogens is 7. The third kappa shape index (κ3) is 3.61. The van der Waals surface area contributed by atoms with Crippen LogP contribution in [0.5, 0.6) is 0 Å². The lowest BCUT2D eigenvalue weighted by molar-refractivity contribution is 0.0689. The highest BCUT2D eigenvalue weighted by Gasteiger charge is 2.20. The maximum atomic E-state index is 13.0. The monoisotopic (exact) mass is 437 g/mol. The molecule has 0 fully saturated rings. The van der Waals surface area contributed by atoms with E-state index in [2.05, 4.69) is 25.1 Å². The van der Waals surface area contributed by atoms with Crippen LogP contribution in [0.25, 0.3) is 22.6 Å². The molecule has 0 saturated heterocycles. The Morgan fingerprint density at radius 2 is 1.91 bits per heavy atom. The zero-order valence-electron chi connectivity index (χ0n) is 17.8. The van der Waals surface area contributed by atoms with Crippen LogP contribution in [0.15, 0.2) is 34.1 Å². The van der Waals surface area contributed by atoms with E-state index < -0.39 is 11.5 Å². The van der Waals surface area contributed by atoms with Crippen molar-refractivity contribution in [3.63, 3.8) is 0 Å². The van der Waals surface area contributed by atoms with Crippen LogP contribution in [-0.2, 0) is 19.5 Å². The van der Waals surface area contributed by atoms with Crippen LogP contribution >= 0.6 is 0 Å². The molecule has 0 unspecified atom stereocenters. The van der Waals surface area contributed by atoms with Crippen molar-refractivity contribution in [2.75, 3.05) is 0 Å². The number of hydrogen-bond donors (Lipinski definition) is 3. The number of carbonyl (C=O) groups is 1. The summed E-state index contributed by atoms with van der Waals surface area (Å²) in [7, 11) is 0. The summed E-state index contributed by atoms with van der Waals surface area (Å²) in [6.07, 6.45) is 4.56. The maximum absolute atomic E-state index is 13.0. The number of fused-ring (bicyclic) bond motifs is 1. The van der Waals surface area contributed by atoms with Gasteiger partial charge >= 0.3 is 11.7 Å². The predicted octanol–water partition coefficient (Wildman–Crippen LogP) is 1.78. The summed E-state index contributed by atoms with van der Waals surface area (Å²) in [5, 5.41) is 16.4. The molecular weight excluding hydrogens is 414 g/mol. The minimum absolute atomic E-state index is 0.0445. The van der Waals surface area contributed by atoms with Gasteiger partial charge in [0.2, 0.25) is 0 Å². The number of rotatable bonds is 8. The highest BCUT2D eigenvalue weighted by atomic mass is 16.4. The molecule has 0 amide bonds. The lowest BCUT2D eigenvalue weighted by Crippen LogP contribution is -2.40. The van der Waals surface area contributed by atoms with Gasteiger partial charge < -0.3 is 10.1 Å². The van der Waals surface area contributed by atoms with Crippen LogP contribution in [0.2, 0.25) is 0 Å². The molecule has 11 heteroatoms. The fraction of sp³-hybridized carbons (Fsp3) is 0.333. The smallest absolute Gasteiger partial charge is 0.354 e. The Labute approximate surface area is 181 Å². The Morgan fingerprint density at radius 1 is 1.16 bits per heavy atom. The summed E-state index contributed by atoms with van der Waals surface area (Å²) in [6, 6.07) is 3.35. The fourth-order valence-electron chi connectivity index (χ4n) is 3.76. The van der Waals surface area contributed by atoms with Gasteiger partial charge in [-0.05, 0) is 24.5 Å². The van der Waals surface area contributed by atoms with Crippen molar-refractivity contribution in [3.05, 3.63) is 62.3 Å². The number of aryl methyl sites for hydroxylation is 1. The lowest BCUT2D eigenvalue weighted by atomic mass is 10.1. The predicted molar refractivity (Wildman–Crippen MR) is 117 cm³/mol. The van der Waals surface area contributed by atoms with Gasteiger partial charge in [0.05, 0.1) is 17.5 Å². The van der Waals surface area contributed by atoms with Crippen LogP contribution < -0.4 is 11.2 Å². The van der Waals surface area contributed by atoms with Gasteiger partial charge in [-0.2, -0.15) is 5.10 Å². The van der Waals surface area contributed by atoms with E-state index in [-0.39, 0.29) is 23.3 Å². The Bertz CT molecular complexity index is 1410. The second kappa shape index (κ2) is 8.61. The number of H-pyrrole nitrogens is 2. The van der Waals surface area contributed by atoms with Crippen LogP contribution in [0.3, 0.4) is 0 Å². The number of aromatic amines is 2. The number of hydrogen-bond acceptors (Lipinski definition) is 6. The quantitative estimate of drug-likeness (QED) is 0.380. The van der Waals surface area contributed by atoms with Crippen LogP contribution in [-0.4, -0.2) is 45.4 Å². The van der Waals surface area contributed by atoms with Crippen molar-refractivity contribution in [1.82, 2.24) is 34.3 Å². The molecule has 0 aliphatic heterocycles. The molecule has 4 aromatic rings. The molecule has 0 bridgehead atoms. The van der Waals surface area contributed by atoms with E-state index in [1.165, 1.54) is 15.3 Å². The van der Waals surface area contributed by atoms with E-state index in [9.17, 15) is 19.5 Å². The maximum Gasteiger partial charge on any atom is 0.354 e. The number of nitrogens with zero attached hydrogens (tertiary/aromatic N) is 5. The molecule has 4 rings (SSSR count). The van der Waals surface area contributed by atoms with Gasteiger partial charge in [-0.3, -0.25) is 19.0 Å². The van der Waals surface area contributed by atoms with Crippen molar-refractivity contribution >= 4 is 17.1 Å². The molecule has 4 heterocycles. The van der Waals surface area contributed by atoms with Crippen LogP contribution in [0.4, 0.5) is 0 Å². The van der Waals surface area contributed by atoms with Gasteiger partial charge in [-0.15, -0.1) is 0 Å². The highest BCUT2D eigenvalue weighted by molar-refractivity contribution is 5.87. The van der Waals surface area contributed by atoms with Crippen molar-refractivity contribution in [1.29, 1.82) is 0 Å². The van der Waals surface area contributed by atoms with E-state index in [1.54, 1.807) is 18.3 Å². The molecule has 11 nitrogen and oxygen atoms in total. The first-order valence-electron chi connectivity index (χ1n) is 10.4. The van der Waals surface area contributed by atoms with Gasteiger partial charge in [0.1, 0.15) is 11.3 Å². The first-order chi connectivity index (χ1) is 15.5. The number of nitrogens with one attached hydrogen (secondary N) is 2. The molecule has 4 aromatic heterocycles.